The van der Waals surface area contributed by atoms with Gasteiger partial charge in [0.15, 0.2) is 0 Å². The van der Waals surface area contributed by atoms with Crippen LogP contribution in [0, 0.1) is 0 Å². The molecular weight excluding hydrogens is 117 g/mol. The Bertz CT molecular complexity index is 51.4. The van der Waals surface area contributed by atoms with Crippen molar-refractivity contribution in [1.82, 2.24) is 5.32 Å². The summed E-state index contributed by atoms with van der Waals surface area (Å²) in [4.78, 5) is 24.6. The van der Waals surface area contributed by atoms with Gasteiger partial charge in [-0.1, -0.05) is 0 Å². The molecule has 0 bridgehead atoms. The molecule has 7 heavy (non-hydrogen) atoms. The summed E-state index contributed by atoms with van der Waals surface area (Å²) in [6.07, 6.45) is -0.104. The van der Waals surface area contributed by atoms with Crippen LogP contribution < -0.4 is 5.32 Å². The van der Waals surface area contributed by atoms with Gasteiger partial charge >= 0.3 is 41.3 Å². The molecule has 0 amide bonds. The Balaban J connectivity index is 3.15. The Morgan fingerprint density at radius 3 is 1.86 bits per heavy atom. The zero-order valence-corrected chi connectivity index (χ0v) is 5.05. The molecule has 0 heterocycles. The zero-order chi connectivity index (χ0) is 5.91. The number of rotatable bonds is 2. The van der Waals surface area contributed by atoms with Gasteiger partial charge < -0.3 is 0 Å². The molecular formula is C2H10NO3P. The average Bonchev–Trinajstić information content (AvgIpc) is 1.30. The second-order valence-electron chi connectivity index (χ2n) is 1.30. The number of hydrogen-bond acceptors (Lipinski definition) is 4. The van der Waals surface area contributed by atoms with Crippen LogP contribution in [-0.2, 0) is 0 Å². The van der Waals surface area contributed by atoms with Crippen LogP contribution in [0.2, 0.25) is 0 Å². The van der Waals surface area contributed by atoms with Gasteiger partial charge in [0.1, 0.15) is 0 Å². The standard InChI is InChI=1S/C2H10NO3P/c1-3-2-7(4,5)6/h3-7H,2H2,1H3. The van der Waals surface area contributed by atoms with Gasteiger partial charge in [-0.3, -0.25) is 0 Å². The van der Waals surface area contributed by atoms with Crippen LogP contribution in [0.3, 0.4) is 0 Å². The van der Waals surface area contributed by atoms with Crippen molar-refractivity contribution in [2.24, 2.45) is 0 Å². The first-order valence-corrected chi connectivity index (χ1v) is 3.93. The van der Waals surface area contributed by atoms with Crippen molar-refractivity contribution in [3.63, 3.8) is 0 Å². The molecule has 5 heteroatoms. The molecule has 4 nitrogen and oxygen atoms in total. The molecule has 0 saturated carbocycles. The van der Waals surface area contributed by atoms with E-state index in [1.807, 2.05) is 0 Å². The molecule has 0 aliphatic rings. The normalized spacial score (nSPS) is 14.3. The fourth-order valence-corrected chi connectivity index (χ4v) is 0.712. The van der Waals surface area contributed by atoms with Gasteiger partial charge in [-0.15, -0.1) is 0 Å². The molecule has 0 fully saturated rings. The van der Waals surface area contributed by atoms with Crippen LogP contribution in [0.1, 0.15) is 0 Å². The first-order valence-electron chi connectivity index (χ1n) is 1.88. The number of nitrogens with one attached hydrogen (secondary N) is 1. The van der Waals surface area contributed by atoms with Gasteiger partial charge in [0.25, 0.3) is 0 Å². The van der Waals surface area contributed by atoms with Crippen LogP contribution in [0.5, 0.6) is 0 Å². The molecule has 0 aliphatic carbocycles. The van der Waals surface area contributed by atoms with E-state index in [2.05, 4.69) is 5.32 Å². The van der Waals surface area contributed by atoms with E-state index in [0.717, 1.165) is 0 Å². The van der Waals surface area contributed by atoms with Crippen molar-refractivity contribution >= 4 is 7.94 Å². The second-order valence-corrected chi connectivity index (χ2v) is 3.21. The SMILES string of the molecule is CNC[PH](O)(O)O. The molecule has 0 aliphatic heterocycles. The maximum atomic E-state index is 8.21. The third kappa shape index (κ3) is 6.27. The van der Waals surface area contributed by atoms with Crippen molar-refractivity contribution in [3.05, 3.63) is 0 Å². The Morgan fingerprint density at radius 2 is 1.86 bits per heavy atom. The van der Waals surface area contributed by atoms with Crippen molar-refractivity contribution in [1.29, 1.82) is 0 Å². The van der Waals surface area contributed by atoms with E-state index in [1.54, 1.807) is 0 Å². The topological polar surface area (TPSA) is 72.7 Å². The van der Waals surface area contributed by atoms with Crippen molar-refractivity contribution in [3.8, 4) is 0 Å². The summed E-state index contributed by atoms with van der Waals surface area (Å²) < 4.78 is 0. The Labute approximate surface area is 42.4 Å². The Hall–Kier alpha value is 0.270. The molecule has 0 rings (SSSR count). The van der Waals surface area contributed by atoms with Crippen LogP contribution in [-0.4, -0.2) is 28.0 Å². The van der Waals surface area contributed by atoms with Gasteiger partial charge in [0, 0.05) is 0 Å². The Morgan fingerprint density at radius 1 is 1.43 bits per heavy atom. The van der Waals surface area contributed by atoms with Crippen LogP contribution in [0.25, 0.3) is 0 Å². The predicted octanol–water partition coefficient (Wildman–Crippen LogP) is -1.36. The minimum absolute atomic E-state index is 0.104. The summed E-state index contributed by atoms with van der Waals surface area (Å²) >= 11 is 0. The second kappa shape index (κ2) is 2.55. The van der Waals surface area contributed by atoms with Crippen LogP contribution in [0.15, 0.2) is 0 Å². The molecule has 46 valence electrons. The predicted molar refractivity (Wildman–Crippen MR) is 28.9 cm³/mol. The molecule has 4 N–H and O–H groups in total. The van der Waals surface area contributed by atoms with E-state index in [9.17, 15) is 0 Å². The zero-order valence-electron chi connectivity index (χ0n) is 4.05. The molecule has 0 aromatic carbocycles. The quantitative estimate of drug-likeness (QED) is 0.345. The van der Waals surface area contributed by atoms with E-state index in [-0.39, 0.29) is 6.29 Å². The van der Waals surface area contributed by atoms with Gasteiger partial charge in [-0.25, -0.2) is 0 Å². The van der Waals surface area contributed by atoms with Gasteiger partial charge in [-0.2, -0.15) is 0 Å². The molecule has 0 unspecified atom stereocenters. The van der Waals surface area contributed by atoms with E-state index in [4.69, 9.17) is 14.7 Å². The molecule has 0 saturated heterocycles. The van der Waals surface area contributed by atoms with Gasteiger partial charge in [-0.05, 0) is 0 Å². The average molecular weight is 127 g/mol. The molecule has 0 spiro atoms. The summed E-state index contributed by atoms with van der Waals surface area (Å²) in [5, 5.41) is 2.42. The first-order chi connectivity index (χ1) is 3.06. The summed E-state index contributed by atoms with van der Waals surface area (Å²) in [5.74, 6) is 0. The van der Waals surface area contributed by atoms with Gasteiger partial charge in [0.2, 0.25) is 0 Å². The monoisotopic (exact) mass is 127 g/mol. The summed E-state index contributed by atoms with van der Waals surface area (Å²) in [6, 6.07) is 0. The maximum absolute atomic E-state index is 8.21. The van der Waals surface area contributed by atoms with Gasteiger partial charge in [0.05, 0.1) is 0 Å². The summed E-state index contributed by atoms with van der Waals surface area (Å²) in [7, 11) is -2.24. The molecule has 0 atom stereocenters. The van der Waals surface area contributed by atoms with E-state index in [1.165, 1.54) is 7.05 Å². The van der Waals surface area contributed by atoms with Crippen molar-refractivity contribution in [2.45, 2.75) is 0 Å². The molecule has 0 radical (unpaired) electrons. The number of hydrogen-bond donors (Lipinski definition) is 4. The molecule has 0 aromatic rings. The van der Waals surface area contributed by atoms with Crippen molar-refractivity contribution < 1.29 is 14.7 Å². The third-order valence-corrected chi connectivity index (χ3v) is 1.24. The van der Waals surface area contributed by atoms with Crippen LogP contribution in [0.4, 0.5) is 0 Å². The fraction of sp³-hybridized carbons (Fsp3) is 1.00. The van der Waals surface area contributed by atoms with E-state index < -0.39 is 7.94 Å². The fourth-order valence-electron chi connectivity index (χ4n) is 0.237. The van der Waals surface area contributed by atoms with Crippen molar-refractivity contribution in [2.75, 3.05) is 13.3 Å². The third-order valence-electron chi connectivity index (χ3n) is 0.414. The van der Waals surface area contributed by atoms with Crippen LogP contribution >= 0.6 is 7.94 Å². The summed E-state index contributed by atoms with van der Waals surface area (Å²) in [5.41, 5.74) is 0. The first kappa shape index (κ1) is 7.27. The Kier molecular flexibility index (Phi) is 2.64. The van der Waals surface area contributed by atoms with E-state index >= 15 is 0 Å². The minimum atomic E-state index is -3.77. The molecule has 0 aromatic heterocycles. The van der Waals surface area contributed by atoms with E-state index in [0.29, 0.717) is 0 Å². The summed E-state index contributed by atoms with van der Waals surface area (Å²) in [6.45, 7) is 0.